The molecule has 0 aliphatic carbocycles. The second-order valence-electron chi connectivity index (χ2n) is 6.17. The fourth-order valence-electron chi connectivity index (χ4n) is 2.98. The molecule has 1 heteroatoms. The molecular formula is C22H23N. The molecule has 0 fully saturated rings. The first kappa shape index (κ1) is 15.4. The Kier molecular flexibility index (Phi) is 4.47. The molecule has 0 amide bonds. The Bertz CT molecular complexity index is 775. The molecule has 0 heterocycles. The lowest BCUT2D eigenvalue weighted by Crippen LogP contribution is -2.13. The maximum Gasteiger partial charge on any atom is 0.0496 e. The van der Waals surface area contributed by atoms with Crippen molar-refractivity contribution in [2.75, 3.05) is 4.90 Å². The molecular weight excluding hydrogens is 278 g/mol. The van der Waals surface area contributed by atoms with Gasteiger partial charge < -0.3 is 4.90 Å². The third kappa shape index (κ3) is 3.14. The summed E-state index contributed by atoms with van der Waals surface area (Å²) in [5.41, 5.74) is 6.30. The SMILES string of the molecule is Cc1ccccc1N(c1ccccc1)c1ccccc1C(C)C. The average Bonchev–Trinajstić information content (AvgIpc) is 2.58. The van der Waals surface area contributed by atoms with Crippen LogP contribution in [0.2, 0.25) is 0 Å². The van der Waals surface area contributed by atoms with Gasteiger partial charge in [-0.3, -0.25) is 0 Å². The van der Waals surface area contributed by atoms with Gasteiger partial charge in [0, 0.05) is 17.1 Å². The molecule has 0 N–H and O–H groups in total. The van der Waals surface area contributed by atoms with Gasteiger partial charge in [-0.05, 0) is 48.2 Å². The zero-order valence-corrected chi connectivity index (χ0v) is 14.0. The first-order chi connectivity index (χ1) is 11.2. The van der Waals surface area contributed by atoms with Crippen LogP contribution in [0.15, 0.2) is 78.9 Å². The normalized spacial score (nSPS) is 10.8. The smallest absolute Gasteiger partial charge is 0.0496 e. The van der Waals surface area contributed by atoms with Crippen molar-refractivity contribution >= 4 is 17.1 Å². The highest BCUT2D eigenvalue weighted by Crippen LogP contribution is 2.39. The molecule has 3 aromatic carbocycles. The monoisotopic (exact) mass is 301 g/mol. The van der Waals surface area contributed by atoms with Gasteiger partial charge in [-0.2, -0.15) is 0 Å². The minimum Gasteiger partial charge on any atom is -0.310 e. The Hall–Kier alpha value is -2.54. The number of aryl methyl sites for hydroxylation is 1. The van der Waals surface area contributed by atoms with Gasteiger partial charge in [0.05, 0.1) is 0 Å². The summed E-state index contributed by atoms with van der Waals surface area (Å²) in [6.07, 6.45) is 0. The molecule has 0 saturated carbocycles. The summed E-state index contributed by atoms with van der Waals surface area (Å²) < 4.78 is 0. The molecule has 116 valence electrons. The molecule has 3 aromatic rings. The van der Waals surface area contributed by atoms with Crippen LogP contribution in [0, 0.1) is 6.92 Å². The highest BCUT2D eigenvalue weighted by Gasteiger charge is 2.17. The molecule has 0 aromatic heterocycles. The summed E-state index contributed by atoms with van der Waals surface area (Å²) in [5.74, 6) is 0.474. The summed E-state index contributed by atoms with van der Waals surface area (Å²) in [6.45, 7) is 6.67. The summed E-state index contributed by atoms with van der Waals surface area (Å²) in [6, 6.07) is 27.9. The van der Waals surface area contributed by atoms with Gasteiger partial charge in [-0.15, -0.1) is 0 Å². The summed E-state index contributed by atoms with van der Waals surface area (Å²) >= 11 is 0. The molecule has 0 spiro atoms. The zero-order valence-electron chi connectivity index (χ0n) is 14.0. The number of nitrogens with zero attached hydrogens (tertiary/aromatic N) is 1. The van der Waals surface area contributed by atoms with E-state index in [1.807, 2.05) is 0 Å². The van der Waals surface area contributed by atoms with E-state index in [2.05, 4.69) is 105 Å². The Morgan fingerprint density at radius 2 is 1.22 bits per heavy atom. The predicted octanol–water partition coefficient (Wildman–Crippen LogP) is 6.59. The van der Waals surface area contributed by atoms with Gasteiger partial charge in [0.15, 0.2) is 0 Å². The van der Waals surface area contributed by atoms with Gasteiger partial charge in [0.2, 0.25) is 0 Å². The van der Waals surface area contributed by atoms with Crippen LogP contribution in [0.25, 0.3) is 0 Å². The number of anilines is 3. The van der Waals surface area contributed by atoms with Crippen LogP contribution in [-0.4, -0.2) is 0 Å². The summed E-state index contributed by atoms with van der Waals surface area (Å²) in [4.78, 5) is 2.37. The Labute approximate surface area is 139 Å². The fraction of sp³-hybridized carbons (Fsp3) is 0.182. The van der Waals surface area contributed by atoms with E-state index in [9.17, 15) is 0 Å². The van der Waals surface area contributed by atoms with E-state index in [0.717, 1.165) is 0 Å². The van der Waals surface area contributed by atoms with Gasteiger partial charge >= 0.3 is 0 Å². The highest BCUT2D eigenvalue weighted by molar-refractivity contribution is 5.80. The predicted molar refractivity (Wildman–Crippen MR) is 100.0 cm³/mol. The molecule has 0 bridgehead atoms. The maximum absolute atomic E-state index is 2.37. The lowest BCUT2D eigenvalue weighted by Gasteiger charge is -2.29. The molecule has 0 aliphatic rings. The van der Waals surface area contributed by atoms with Gasteiger partial charge in [-0.1, -0.05) is 68.4 Å². The van der Waals surface area contributed by atoms with Crippen LogP contribution in [0.1, 0.15) is 30.9 Å². The van der Waals surface area contributed by atoms with Crippen LogP contribution in [0.3, 0.4) is 0 Å². The van der Waals surface area contributed by atoms with Crippen LogP contribution in [0.5, 0.6) is 0 Å². The molecule has 1 nitrogen and oxygen atoms in total. The Morgan fingerprint density at radius 3 is 1.87 bits per heavy atom. The Balaban J connectivity index is 2.24. The lowest BCUT2D eigenvalue weighted by molar-refractivity contribution is 0.864. The Morgan fingerprint density at radius 1 is 0.652 bits per heavy atom. The first-order valence-corrected chi connectivity index (χ1v) is 8.18. The number of hydrogen-bond donors (Lipinski definition) is 0. The van der Waals surface area contributed by atoms with Gasteiger partial charge in [0.1, 0.15) is 0 Å². The van der Waals surface area contributed by atoms with Crippen LogP contribution >= 0.6 is 0 Å². The van der Waals surface area contributed by atoms with Gasteiger partial charge in [-0.25, -0.2) is 0 Å². The third-order valence-electron chi connectivity index (χ3n) is 4.17. The quantitative estimate of drug-likeness (QED) is 0.525. The zero-order chi connectivity index (χ0) is 16.2. The number of rotatable bonds is 4. The van der Waals surface area contributed by atoms with Gasteiger partial charge in [0.25, 0.3) is 0 Å². The van der Waals surface area contributed by atoms with E-state index < -0.39 is 0 Å². The van der Waals surface area contributed by atoms with E-state index in [0.29, 0.717) is 5.92 Å². The van der Waals surface area contributed by atoms with Crippen molar-refractivity contribution in [3.05, 3.63) is 90.0 Å². The first-order valence-electron chi connectivity index (χ1n) is 8.18. The van der Waals surface area contributed by atoms with Crippen molar-refractivity contribution in [3.8, 4) is 0 Å². The van der Waals surface area contributed by atoms with E-state index in [4.69, 9.17) is 0 Å². The average molecular weight is 301 g/mol. The molecule has 3 rings (SSSR count). The van der Waals surface area contributed by atoms with E-state index in [-0.39, 0.29) is 0 Å². The minimum atomic E-state index is 0.474. The van der Waals surface area contributed by atoms with E-state index >= 15 is 0 Å². The molecule has 0 radical (unpaired) electrons. The number of benzene rings is 3. The summed E-state index contributed by atoms with van der Waals surface area (Å²) in [5, 5.41) is 0. The van der Waals surface area contributed by atoms with Crippen molar-refractivity contribution in [1.29, 1.82) is 0 Å². The van der Waals surface area contributed by atoms with Crippen molar-refractivity contribution in [1.82, 2.24) is 0 Å². The number of para-hydroxylation sites is 3. The topological polar surface area (TPSA) is 3.24 Å². The van der Waals surface area contributed by atoms with Crippen LogP contribution in [0.4, 0.5) is 17.1 Å². The van der Waals surface area contributed by atoms with E-state index in [1.54, 1.807) is 0 Å². The molecule has 0 unspecified atom stereocenters. The molecule has 0 aliphatic heterocycles. The largest absolute Gasteiger partial charge is 0.310 e. The van der Waals surface area contributed by atoms with Crippen molar-refractivity contribution in [2.24, 2.45) is 0 Å². The second-order valence-corrected chi connectivity index (χ2v) is 6.17. The molecule has 23 heavy (non-hydrogen) atoms. The third-order valence-corrected chi connectivity index (χ3v) is 4.17. The minimum absolute atomic E-state index is 0.474. The number of hydrogen-bond acceptors (Lipinski definition) is 1. The molecule has 0 saturated heterocycles. The van der Waals surface area contributed by atoms with Crippen molar-refractivity contribution in [2.45, 2.75) is 26.7 Å². The highest BCUT2D eigenvalue weighted by atomic mass is 15.1. The van der Waals surface area contributed by atoms with Crippen molar-refractivity contribution < 1.29 is 0 Å². The second kappa shape index (κ2) is 6.70. The summed E-state index contributed by atoms with van der Waals surface area (Å²) in [7, 11) is 0. The lowest BCUT2D eigenvalue weighted by atomic mass is 9.99. The maximum atomic E-state index is 2.37. The fourth-order valence-corrected chi connectivity index (χ4v) is 2.98. The van der Waals surface area contributed by atoms with E-state index in [1.165, 1.54) is 28.2 Å². The van der Waals surface area contributed by atoms with Crippen LogP contribution in [-0.2, 0) is 0 Å². The molecule has 0 atom stereocenters. The van der Waals surface area contributed by atoms with Crippen LogP contribution < -0.4 is 4.90 Å². The standard InChI is InChI=1S/C22H23N/c1-17(2)20-14-8-10-16-22(20)23(19-12-5-4-6-13-19)21-15-9-7-11-18(21)3/h4-17H,1-3H3. The van der Waals surface area contributed by atoms with Crippen molar-refractivity contribution in [3.63, 3.8) is 0 Å².